The van der Waals surface area contributed by atoms with Gasteiger partial charge in [0.1, 0.15) is 18.9 Å². The van der Waals surface area contributed by atoms with E-state index in [1.807, 2.05) is 84.9 Å². The third-order valence-electron chi connectivity index (χ3n) is 5.25. The highest BCUT2D eigenvalue weighted by Crippen LogP contribution is 2.28. The van der Waals surface area contributed by atoms with Crippen LogP contribution in [0.15, 0.2) is 102 Å². The third-order valence-corrected chi connectivity index (χ3v) is 6.38. The topological polar surface area (TPSA) is 88.1 Å². The Morgan fingerprint density at radius 1 is 0.914 bits per heavy atom. The molecule has 0 spiro atoms. The summed E-state index contributed by atoms with van der Waals surface area (Å²) in [5.74, 6) is 0.163. The molecular formula is C27H25N3O4S. The summed E-state index contributed by atoms with van der Waals surface area (Å²) in [6.07, 6.45) is 2.56. The van der Waals surface area contributed by atoms with Crippen molar-refractivity contribution in [3.8, 4) is 5.75 Å². The summed E-state index contributed by atoms with van der Waals surface area (Å²) in [7, 11) is -3.71. The lowest BCUT2D eigenvalue weighted by molar-refractivity contribution is -0.119. The summed E-state index contributed by atoms with van der Waals surface area (Å²) in [6.45, 7) is 0.0777. The first-order valence-electron chi connectivity index (χ1n) is 10.9. The number of sulfonamides is 1. The quantitative estimate of drug-likeness (QED) is 0.281. The Hall–Kier alpha value is -4.17. The molecule has 0 heterocycles. The normalized spacial score (nSPS) is 11.5. The Bertz CT molecular complexity index is 1430. The lowest BCUT2D eigenvalue weighted by atomic mass is 10.1. The van der Waals surface area contributed by atoms with Gasteiger partial charge in [-0.2, -0.15) is 5.10 Å². The molecule has 1 amide bonds. The molecule has 0 atom stereocenters. The van der Waals surface area contributed by atoms with Gasteiger partial charge in [0, 0.05) is 5.39 Å². The van der Waals surface area contributed by atoms with E-state index in [9.17, 15) is 13.2 Å². The molecule has 4 aromatic carbocycles. The second kappa shape index (κ2) is 10.8. The zero-order valence-electron chi connectivity index (χ0n) is 19.2. The Balaban J connectivity index is 1.37. The van der Waals surface area contributed by atoms with E-state index in [-0.39, 0.29) is 0 Å². The number of anilines is 1. The van der Waals surface area contributed by atoms with Gasteiger partial charge in [0.15, 0.2) is 0 Å². The maximum Gasteiger partial charge on any atom is 0.260 e. The molecule has 1 N–H and O–H groups in total. The fourth-order valence-corrected chi connectivity index (χ4v) is 4.41. The number of rotatable bonds is 9. The molecule has 8 heteroatoms. The number of amides is 1. The largest absolute Gasteiger partial charge is 0.489 e. The number of carbonyl (C=O) groups is 1. The molecule has 4 rings (SSSR count). The first-order valence-corrected chi connectivity index (χ1v) is 12.8. The number of fused-ring (bicyclic) bond motifs is 1. The van der Waals surface area contributed by atoms with Crippen molar-refractivity contribution in [2.75, 3.05) is 17.1 Å². The van der Waals surface area contributed by atoms with Gasteiger partial charge in [0.2, 0.25) is 10.0 Å². The minimum atomic E-state index is -3.71. The highest BCUT2D eigenvalue weighted by molar-refractivity contribution is 7.92. The van der Waals surface area contributed by atoms with Gasteiger partial charge < -0.3 is 4.74 Å². The average Bonchev–Trinajstić information content (AvgIpc) is 2.86. The first kappa shape index (κ1) is 24.0. The monoisotopic (exact) mass is 487 g/mol. The predicted octanol–water partition coefficient (Wildman–Crippen LogP) is 4.34. The predicted molar refractivity (Wildman–Crippen MR) is 139 cm³/mol. The summed E-state index contributed by atoms with van der Waals surface area (Å²) in [5, 5.41) is 5.59. The van der Waals surface area contributed by atoms with Gasteiger partial charge in [-0.15, -0.1) is 0 Å². The molecule has 0 aliphatic carbocycles. The number of hydrogen-bond donors (Lipinski definition) is 1. The molecule has 0 saturated carbocycles. The minimum Gasteiger partial charge on any atom is -0.489 e. The lowest BCUT2D eigenvalue weighted by Crippen LogP contribution is -2.39. The van der Waals surface area contributed by atoms with Gasteiger partial charge in [0.05, 0.1) is 18.2 Å². The minimum absolute atomic E-state index is 0.392. The molecule has 7 nitrogen and oxygen atoms in total. The van der Waals surface area contributed by atoms with Crippen LogP contribution < -0.4 is 14.5 Å². The Morgan fingerprint density at radius 2 is 1.60 bits per heavy atom. The van der Waals surface area contributed by atoms with Crippen LogP contribution in [0.5, 0.6) is 5.75 Å². The number of benzene rings is 4. The number of nitrogens with zero attached hydrogens (tertiary/aromatic N) is 2. The zero-order chi connectivity index (χ0) is 24.7. The van der Waals surface area contributed by atoms with E-state index < -0.39 is 22.5 Å². The summed E-state index contributed by atoms with van der Waals surface area (Å²) in [4.78, 5) is 12.5. The van der Waals surface area contributed by atoms with E-state index in [1.165, 1.54) is 6.21 Å². The van der Waals surface area contributed by atoms with Gasteiger partial charge >= 0.3 is 0 Å². The Morgan fingerprint density at radius 3 is 2.34 bits per heavy atom. The molecule has 0 radical (unpaired) electrons. The van der Waals surface area contributed by atoms with Gasteiger partial charge in [-0.05, 0) is 46.8 Å². The average molecular weight is 488 g/mol. The summed E-state index contributed by atoms with van der Waals surface area (Å²) >= 11 is 0. The van der Waals surface area contributed by atoms with Crippen molar-refractivity contribution in [3.05, 3.63) is 108 Å². The van der Waals surface area contributed by atoms with Crippen LogP contribution in [0.25, 0.3) is 10.8 Å². The van der Waals surface area contributed by atoms with Crippen molar-refractivity contribution >= 4 is 38.6 Å². The number of hydrogen-bond acceptors (Lipinski definition) is 5. The molecule has 0 saturated heterocycles. The smallest absolute Gasteiger partial charge is 0.260 e. The highest BCUT2D eigenvalue weighted by atomic mass is 32.2. The van der Waals surface area contributed by atoms with Crippen LogP contribution in [0.1, 0.15) is 11.1 Å². The van der Waals surface area contributed by atoms with Gasteiger partial charge in [-0.1, -0.05) is 66.7 Å². The van der Waals surface area contributed by atoms with E-state index in [4.69, 9.17) is 4.74 Å². The molecule has 4 aromatic rings. The molecule has 178 valence electrons. The zero-order valence-corrected chi connectivity index (χ0v) is 20.0. The van der Waals surface area contributed by atoms with Crippen molar-refractivity contribution in [2.24, 2.45) is 5.10 Å². The summed E-state index contributed by atoms with van der Waals surface area (Å²) in [6, 6.07) is 29.9. The van der Waals surface area contributed by atoms with E-state index >= 15 is 0 Å². The van der Waals surface area contributed by atoms with Crippen molar-refractivity contribution < 1.29 is 17.9 Å². The molecule has 0 aromatic heterocycles. The number of ether oxygens (including phenoxy) is 1. The third kappa shape index (κ3) is 6.45. The number of carbonyl (C=O) groups excluding carboxylic acids is 1. The maximum atomic E-state index is 12.5. The second-order valence-corrected chi connectivity index (χ2v) is 9.81. The molecule has 0 bridgehead atoms. The van der Waals surface area contributed by atoms with Crippen LogP contribution in [0.3, 0.4) is 0 Å². The molecule has 0 aliphatic heterocycles. The number of nitrogens with one attached hydrogen (secondary N) is 1. The van der Waals surface area contributed by atoms with Crippen LogP contribution in [0.2, 0.25) is 0 Å². The number of hydrazone groups is 1. The molecule has 0 unspecified atom stereocenters. The molecular weight excluding hydrogens is 462 g/mol. The second-order valence-electron chi connectivity index (χ2n) is 7.90. The van der Waals surface area contributed by atoms with Gasteiger partial charge in [0.25, 0.3) is 5.91 Å². The van der Waals surface area contributed by atoms with Crippen molar-refractivity contribution in [2.45, 2.75) is 6.61 Å². The van der Waals surface area contributed by atoms with E-state index in [2.05, 4.69) is 10.5 Å². The van der Waals surface area contributed by atoms with Crippen molar-refractivity contribution in [3.63, 3.8) is 0 Å². The lowest BCUT2D eigenvalue weighted by Gasteiger charge is -2.23. The van der Waals surface area contributed by atoms with E-state index in [0.29, 0.717) is 18.0 Å². The van der Waals surface area contributed by atoms with E-state index in [0.717, 1.165) is 32.5 Å². The maximum absolute atomic E-state index is 12.5. The molecule has 0 fully saturated rings. The standard InChI is InChI=1S/C27H25N3O4S/c1-35(32,33)30(26-13-7-11-23-10-5-6-12-25(23)26)19-27(31)29-28-18-21-14-16-24(17-15-21)34-20-22-8-3-2-4-9-22/h2-18H,19-20H2,1H3,(H,29,31)/b28-18-. The Labute approximate surface area is 204 Å². The van der Waals surface area contributed by atoms with Crippen LogP contribution >= 0.6 is 0 Å². The van der Waals surface area contributed by atoms with Crippen LogP contribution in [-0.2, 0) is 21.4 Å². The molecule has 35 heavy (non-hydrogen) atoms. The van der Waals surface area contributed by atoms with Crippen LogP contribution in [0.4, 0.5) is 5.69 Å². The Kier molecular flexibility index (Phi) is 7.42. The van der Waals surface area contributed by atoms with Gasteiger partial charge in [-0.25, -0.2) is 13.8 Å². The summed E-state index contributed by atoms with van der Waals surface area (Å²) < 4.78 is 31.8. The first-order chi connectivity index (χ1) is 16.9. The van der Waals surface area contributed by atoms with Crippen LogP contribution in [0, 0.1) is 0 Å². The van der Waals surface area contributed by atoms with Crippen molar-refractivity contribution in [1.29, 1.82) is 0 Å². The fourth-order valence-electron chi connectivity index (χ4n) is 3.54. The highest BCUT2D eigenvalue weighted by Gasteiger charge is 2.22. The van der Waals surface area contributed by atoms with E-state index in [1.54, 1.807) is 12.1 Å². The van der Waals surface area contributed by atoms with Crippen molar-refractivity contribution in [1.82, 2.24) is 5.43 Å². The van der Waals surface area contributed by atoms with Crippen LogP contribution in [-0.4, -0.2) is 33.3 Å². The summed E-state index contributed by atoms with van der Waals surface area (Å²) in [5.41, 5.74) is 4.68. The fraction of sp³-hybridized carbons (Fsp3) is 0.111. The molecule has 0 aliphatic rings. The SMILES string of the molecule is CS(=O)(=O)N(CC(=O)N/N=C\c1ccc(OCc2ccccc2)cc1)c1cccc2ccccc12. The van der Waals surface area contributed by atoms with Gasteiger partial charge in [-0.3, -0.25) is 9.10 Å².